The van der Waals surface area contributed by atoms with Gasteiger partial charge in [-0.3, -0.25) is 9.36 Å². The average molecular weight is 345 g/mol. The summed E-state index contributed by atoms with van der Waals surface area (Å²) < 4.78 is 27.7. The van der Waals surface area contributed by atoms with Gasteiger partial charge in [-0.1, -0.05) is 12.1 Å². The van der Waals surface area contributed by atoms with Gasteiger partial charge in [-0.25, -0.2) is 4.98 Å². The SMILES string of the molecule is Cc1cc(C(=O)C(C#N)c2nc3ccccc3n2C(F)F)sc1C. The maximum Gasteiger partial charge on any atom is 0.320 e. The number of Topliss-reactive ketones (excluding diaryl/α,β-unsaturated/α-hetero) is 1. The Labute approximate surface area is 141 Å². The van der Waals surface area contributed by atoms with Crippen LogP contribution < -0.4 is 0 Å². The van der Waals surface area contributed by atoms with E-state index >= 15 is 0 Å². The van der Waals surface area contributed by atoms with E-state index < -0.39 is 18.3 Å². The average Bonchev–Trinajstić information content (AvgIpc) is 3.08. The summed E-state index contributed by atoms with van der Waals surface area (Å²) in [6, 6.07) is 9.88. The lowest BCUT2D eigenvalue weighted by Gasteiger charge is -2.10. The first-order chi connectivity index (χ1) is 11.4. The van der Waals surface area contributed by atoms with Gasteiger partial charge in [-0.15, -0.1) is 11.3 Å². The molecule has 0 saturated heterocycles. The number of alkyl halides is 2. The van der Waals surface area contributed by atoms with Crippen LogP contribution in [0.15, 0.2) is 30.3 Å². The van der Waals surface area contributed by atoms with E-state index in [0.717, 1.165) is 10.4 Å². The van der Waals surface area contributed by atoms with Crippen molar-refractivity contribution in [3.8, 4) is 6.07 Å². The summed E-state index contributed by atoms with van der Waals surface area (Å²) >= 11 is 1.26. The van der Waals surface area contributed by atoms with Gasteiger partial charge in [0, 0.05) is 4.88 Å². The van der Waals surface area contributed by atoms with Gasteiger partial charge in [0.2, 0.25) is 0 Å². The maximum absolute atomic E-state index is 13.5. The summed E-state index contributed by atoms with van der Waals surface area (Å²) in [4.78, 5) is 18.1. The summed E-state index contributed by atoms with van der Waals surface area (Å²) in [6.45, 7) is 0.841. The maximum atomic E-state index is 13.5. The Hall–Kier alpha value is -2.59. The molecule has 1 unspecified atom stereocenters. The Balaban J connectivity index is 2.15. The molecule has 0 aliphatic rings. The van der Waals surface area contributed by atoms with Crippen LogP contribution in [0, 0.1) is 25.2 Å². The lowest BCUT2D eigenvalue weighted by molar-refractivity contribution is 0.0701. The van der Waals surface area contributed by atoms with Crippen LogP contribution in [0.25, 0.3) is 11.0 Å². The first-order valence-corrected chi connectivity index (χ1v) is 8.01. The van der Waals surface area contributed by atoms with Crippen molar-refractivity contribution < 1.29 is 13.6 Å². The molecule has 0 saturated carbocycles. The van der Waals surface area contributed by atoms with Crippen molar-refractivity contribution in [2.45, 2.75) is 26.3 Å². The fourth-order valence-corrected chi connectivity index (χ4v) is 3.55. The van der Waals surface area contributed by atoms with E-state index in [1.165, 1.54) is 17.4 Å². The topological polar surface area (TPSA) is 58.7 Å². The summed E-state index contributed by atoms with van der Waals surface area (Å²) in [5.74, 6) is -2.10. The number of aromatic nitrogens is 2. The third kappa shape index (κ3) is 2.59. The fourth-order valence-electron chi connectivity index (χ4n) is 2.54. The van der Waals surface area contributed by atoms with Crippen LogP contribution in [0.5, 0.6) is 0 Å². The van der Waals surface area contributed by atoms with E-state index in [1.54, 1.807) is 24.3 Å². The molecule has 7 heteroatoms. The number of nitriles is 1. The molecule has 0 spiro atoms. The van der Waals surface area contributed by atoms with Crippen molar-refractivity contribution in [1.82, 2.24) is 9.55 Å². The number of halogens is 2. The van der Waals surface area contributed by atoms with Crippen molar-refractivity contribution in [2.24, 2.45) is 0 Å². The second-order valence-electron chi connectivity index (χ2n) is 5.38. The number of imidazole rings is 1. The van der Waals surface area contributed by atoms with Crippen molar-refractivity contribution in [3.63, 3.8) is 0 Å². The van der Waals surface area contributed by atoms with E-state index in [2.05, 4.69) is 4.98 Å². The normalized spacial score (nSPS) is 12.5. The quantitative estimate of drug-likeness (QED) is 0.649. The minimum atomic E-state index is -2.89. The molecule has 2 aromatic heterocycles. The highest BCUT2D eigenvalue weighted by Crippen LogP contribution is 2.31. The molecule has 0 amide bonds. The Bertz CT molecular complexity index is 949. The third-order valence-corrected chi connectivity index (χ3v) is 5.04. The van der Waals surface area contributed by atoms with E-state index in [4.69, 9.17) is 0 Å². The first kappa shape index (κ1) is 16.3. The number of aryl methyl sites for hydroxylation is 2. The Morgan fingerprint density at radius 1 is 1.33 bits per heavy atom. The van der Waals surface area contributed by atoms with Crippen molar-refractivity contribution in [1.29, 1.82) is 5.26 Å². The third-order valence-electron chi connectivity index (χ3n) is 3.88. The Kier molecular flexibility index (Phi) is 4.16. The highest BCUT2D eigenvalue weighted by Gasteiger charge is 2.31. The molecular formula is C17H13F2N3OS. The highest BCUT2D eigenvalue weighted by atomic mass is 32.1. The monoisotopic (exact) mass is 345 g/mol. The lowest BCUT2D eigenvalue weighted by atomic mass is 10.0. The molecular weight excluding hydrogens is 332 g/mol. The molecule has 2 heterocycles. The minimum absolute atomic E-state index is 0.203. The van der Waals surface area contributed by atoms with Gasteiger partial charge in [-0.2, -0.15) is 14.0 Å². The van der Waals surface area contributed by atoms with Gasteiger partial charge >= 0.3 is 6.55 Å². The number of thiophene rings is 1. The summed E-state index contributed by atoms with van der Waals surface area (Å²) in [5, 5.41) is 9.45. The molecule has 3 rings (SSSR count). The Morgan fingerprint density at radius 2 is 2.04 bits per heavy atom. The first-order valence-electron chi connectivity index (χ1n) is 7.20. The van der Waals surface area contributed by atoms with Crippen LogP contribution >= 0.6 is 11.3 Å². The zero-order valence-corrected chi connectivity index (χ0v) is 13.8. The number of nitrogens with zero attached hydrogens (tertiary/aromatic N) is 3. The van der Waals surface area contributed by atoms with Crippen LogP contribution in [0.1, 0.15) is 38.4 Å². The van der Waals surface area contributed by atoms with Gasteiger partial charge < -0.3 is 0 Å². The van der Waals surface area contributed by atoms with E-state index in [9.17, 15) is 18.8 Å². The number of para-hydroxylation sites is 2. The smallest absolute Gasteiger partial charge is 0.291 e. The zero-order chi connectivity index (χ0) is 17.4. The second kappa shape index (κ2) is 6.13. The number of benzene rings is 1. The molecule has 3 aromatic rings. The molecule has 0 bridgehead atoms. The highest BCUT2D eigenvalue weighted by molar-refractivity contribution is 7.14. The number of hydrogen-bond donors (Lipinski definition) is 0. The molecule has 1 atom stereocenters. The Morgan fingerprint density at radius 3 is 2.62 bits per heavy atom. The predicted octanol–water partition coefficient (Wildman–Crippen LogP) is 4.60. The number of ketones is 1. The van der Waals surface area contributed by atoms with E-state index in [-0.39, 0.29) is 11.3 Å². The number of carbonyl (C=O) groups excluding carboxylic acids is 1. The molecule has 24 heavy (non-hydrogen) atoms. The lowest BCUT2D eigenvalue weighted by Crippen LogP contribution is -2.16. The standard InChI is InChI=1S/C17H13F2N3OS/c1-9-7-14(24-10(9)2)15(23)11(8-20)16-21-12-5-3-4-6-13(12)22(16)17(18)19/h3-7,11,17H,1-2H3. The molecule has 122 valence electrons. The van der Waals surface area contributed by atoms with Gasteiger partial charge in [0.05, 0.1) is 22.0 Å². The summed E-state index contributed by atoms with van der Waals surface area (Å²) in [6.07, 6.45) is 0. The van der Waals surface area contributed by atoms with Crippen LogP contribution in [0.3, 0.4) is 0 Å². The molecule has 0 aliphatic heterocycles. The largest absolute Gasteiger partial charge is 0.320 e. The number of fused-ring (bicyclic) bond motifs is 1. The molecule has 0 fully saturated rings. The van der Waals surface area contributed by atoms with Gasteiger partial charge in [-0.05, 0) is 37.6 Å². The van der Waals surface area contributed by atoms with Crippen LogP contribution in [0.4, 0.5) is 8.78 Å². The number of rotatable bonds is 4. The molecule has 4 nitrogen and oxygen atoms in total. The molecule has 0 radical (unpaired) electrons. The molecule has 0 N–H and O–H groups in total. The van der Waals surface area contributed by atoms with E-state index in [1.807, 2.05) is 19.9 Å². The van der Waals surface area contributed by atoms with E-state index in [0.29, 0.717) is 15.0 Å². The fraction of sp³-hybridized carbons (Fsp3) is 0.235. The van der Waals surface area contributed by atoms with Crippen molar-refractivity contribution in [2.75, 3.05) is 0 Å². The van der Waals surface area contributed by atoms with Crippen molar-refractivity contribution >= 4 is 28.2 Å². The summed E-state index contributed by atoms with van der Waals surface area (Å²) in [7, 11) is 0. The number of carbonyl (C=O) groups is 1. The number of hydrogen-bond acceptors (Lipinski definition) is 4. The van der Waals surface area contributed by atoms with Crippen LogP contribution in [-0.2, 0) is 0 Å². The van der Waals surface area contributed by atoms with Gasteiger partial charge in [0.25, 0.3) is 0 Å². The second-order valence-corrected chi connectivity index (χ2v) is 6.64. The van der Waals surface area contributed by atoms with Crippen LogP contribution in [0.2, 0.25) is 0 Å². The van der Waals surface area contributed by atoms with Crippen molar-refractivity contribution in [3.05, 3.63) is 51.5 Å². The predicted molar refractivity (Wildman–Crippen MR) is 87.5 cm³/mol. The minimum Gasteiger partial charge on any atom is -0.291 e. The van der Waals surface area contributed by atoms with Crippen LogP contribution in [-0.4, -0.2) is 15.3 Å². The molecule has 0 aliphatic carbocycles. The van der Waals surface area contributed by atoms with Gasteiger partial charge in [0.1, 0.15) is 5.82 Å². The zero-order valence-electron chi connectivity index (χ0n) is 13.0. The molecule has 1 aromatic carbocycles. The summed E-state index contributed by atoms with van der Waals surface area (Å²) in [5.41, 5.74) is 1.47. The van der Waals surface area contributed by atoms with Gasteiger partial charge in [0.15, 0.2) is 11.7 Å².